The molecule has 0 radical (unpaired) electrons. The molecule has 1 aliphatic heterocycles. The molecule has 0 aliphatic carbocycles. The molecule has 0 atom stereocenters. The van der Waals surface area contributed by atoms with Crippen LogP contribution in [0.25, 0.3) is 0 Å². The predicted molar refractivity (Wildman–Crippen MR) is 107 cm³/mol. The van der Waals surface area contributed by atoms with Crippen molar-refractivity contribution in [2.75, 3.05) is 43.5 Å². The summed E-state index contributed by atoms with van der Waals surface area (Å²) in [5.41, 5.74) is 1.33. The van der Waals surface area contributed by atoms with Crippen molar-refractivity contribution in [3.05, 3.63) is 56.5 Å². The molecule has 27 heavy (non-hydrogen) atoms. The Hall–Kier alpha value is -2.65. The van der Waals surface area contributed by atoms with Gasteiger partial charge >= 0.3 is 0 Å². The highest BCUT2D eigenvalue weighted by molar-refractivity contribution is 9.10. The van der Waals surface area contributed by atoms with Crippen LogP contribution in [0.2, 0.25) is 0 Å². The molecule has 0 aromatic heterocycles. The van der Waals surface area contributed by atoms with E-state index < -0.39 is 4.92 Å². The van der Waals surface area contributed by atoms with E-state index in [9.17, 15) is 14.9 Å². The number of nitrogens with one attached hydrogen (secondary N) is 2. The lowest BCUT2D eigenvalue weighted by Crippen LogP contribution is -2.43. The van der Waals surface area contributed by atoms with Crippen molar-refractivity contribution in [2.24, 2.45) is 0 Å². The average Bonchev–Trinajstić information content (AvgIpc) is 2.68. The summed E-state index contributed by atoms with van der Waals surface area (Å²) in [5.74, 6) is 0.255. The minimum Gasteiger partial charge on any atom is -0.496 e. The number of ether oxygens (including phenoxy) is 1. The van der Waals surface area contributed by atoms with Gasteiger partial charge in [-0.1, -0.05) is 0 Å². The highest BCUT2D eigenvalue weighted by Gasteiger charge is 2.22. The number of halogens is 1. The highest BCUT2D eigenvalue weighted by Crippen LogP contribution is 2.32. The van der Waals surface area contributed by atoms with Crippen molar-refractivity contribution in [2.45, 2.75) is 0 Å². The summed E-state index contributed by atoms with van der Waals surface area (Å²) in [6.45, 7) is 2.96. The van der Waals surface area contributed by atoms with Crippen LogP contribution < -0.4 is 20.3 Å². The number of nitro groups is 1. The summed E-state index contributed by atoms with van der Waals surface area (Å²) in [6, 6.07) is 9.70. The number of rotatable bonds is 5. The van der Waals surface area contributed by atoms with Gasteiger partial charge in [-0.25, -0.2) is 0 Å². The summed E-state index contributed by atoms with van der Waals surface area (Å²) < 4.78 is 5.80. The van der Waals surface area contributed by atoms with Crippen molar-refractivity contribution in [1.29, 1.82) is 0 Å². The van der Waals surface area contributed by atoms with Crippen LogP contribution >= 0.6 is 15.9 Å². The molecule has 1 aliphatic rings. The van der Waals surface area contributed by atoms with Gasteiger partial charge in [0.1, 0.15) is 11.4 Å². The summed E-state index contributed by atoms with van der Waals surface area (Å²) in [6.07, 6.45) is 0. The maximum absolute atomic E-state index is 12.5. The summed E-state index contributed by atoms with van der Waals surface area (Å²) in [7, 11) is 1.54. The molecule has 1 heterocycles. The quantitative estimate of drug-likeness (QED) is 0.554. The normalized spacial score (nSPS) is 13.9. The molecule has 142 valence electrons. The Morgan fingerprint density at radius 3 is 2.63 bits per heavy atom. The van der Waals surface area contributed by atoms with Gasteiger partial charge in [-0.2, -0.15) is 0 Å². The van der Waals surface area contributed by atoms with Crippen LogP contribution in [-0.4, -0.2) is 44.1 Å². The van der Waals surface area contributed by atoms with E-state index in [0.717, 1.165) is 13.1 Å². The second kappa shape index (κ2) is 8.36. The number of piperazine rings is 1. The lowest BCUT2D eigenvalue weighted by Gasteiger charge is -2.29. The Morgan fingerprint density at radius 2 is 2.00 bits per heavy atom. The van der Waals surface area contributed by atoms with Gasteiger partial charge in [0.15, 0.2) is 0 Å². The maximum atomic E-state index is 12.5. The fraction of sp³-hybridized carbons (Fsp3) is 0.278. The Labute approximate surface area is 164 Å². The third-order valence-electron chi connectivity index (χ3n) is 4.30. The fourth-order valence-corrected chi connectivity index (χ4v) is 3.47. The van der Waals surface area contributed by atoms with Crippen molar-refractivity contribution >= 4 is 38.9 Å². The van der Waals surface area contributed by atoms with Gasteiger partial charge in [0.05, 0.1) is 16.5 Å². The van der Waals surface area contributed by atoms with Gasteiger partial charge in [0, 0.05) is 43.5 Å². The molecule has 0 unspecified atom stereocenters. The summed E-state index contributed by atoms with van der Waals surface area (Å²) in [4.78, 5) is 25.5. The Bertz CT molecular complexity index is 868. The van der Waals surface area contributed by atoms with E-state index in [1.165, 1.54) is 6.07 Å². The lowest BCUT2D eigenvalue weighted by atomic mass is 10.1. The van der Waals surface area contributed by atoms with E-state index in [0.29, 0.717) is 40.2 Å². The summed E-state index contributed by atoms with van der Waals surface area (Å²) >= 11 is 3.34. The van der Waals surface area contributed by atoms with Crippen LogP contribution in [0.3, 0.4) is 0 Å². The minimum atomic E-state index is -0.420. The SMILES string of the molecule is COc1ccc(C(=O)Nc2ccc(N3CCNCC3)c([N+](=O)[O-])c2)cc1Br. The molecule has 2 aromatic rings. The second-order valence-corrected chi connectivity index (χ2v) is 6.86. The first-order chi connectivity index (χ1) is 13.0. The number of carbonyl (C=O) groups excluding carboxylic acids is 1. The largest absolute Gasteiger partial charge is 0.496 e. The van der Waals surface area contributed by atoms with Crippen molar-refractivity contribution in [3.8, 4) is 5.75 Å². The monoisotopic (exact) mass is 434 g/mol. The zero-order chi connectivity index (χ0) is 19.4. The molecule has 1 amide bonds. The minimum absolute atomic E-state index is 0.0226. The molecular weight excluding hydrogens is 416 g/mol. The third-order valence-corrected chi connectivity index (χ3v) is 4.92. The molecule has 2 N–H and O–H groups in total. The van der Waals surface area contributed by atoms with Gasteiger partial charge in [-0.3, -0.25) is 14.9 Å². The fourth-order valence-electron chi connectivity index (χ4n) is 2.93. The Kier molecular flexibility index (Phi) is 5.92. The van der Waals surface area contributed by atoms with Crippen LogP contribution in [0.15, 0.2) is 40.9 Å². The standard InChI is InChI=1S/C18H19BrN4O4/c1-27-17-5-2-12(10-14(17)19)18(24)21-13-3-4-15(16(11-13)23(25)26)22-8-6-20-7-9-22/h2-5,10-11,20H,6-9H2,1H3,(H,21,24). The number of hydrogen-bond donors (Lipinski definition) is 2. The first kappa shape index (κ1) is 19.1. The molecule has 9 heteroatoms. The molecule has 1 fully saturated rings. The Balaban J connectivity index is 1.82. The first-order valence-electron chi connectivity index (χ1n) is 8.38. The van der Waals surface area contributed by atoms with Gasteiger partial charge < -0.3 is 20.3 Å². The molecule has 0 bridgehead atoms. The van der Waals surface area contributed by atoms with Crippen molar-refractivity contribution < 1.29 is 14.5 Å². The van der Waals surface area contributed by atoms with E-state index in [-0.39, 0.29) is 11.6 Å². The van der Waals surface area contributed by atoms with E-state index in [4.69, 9.17) is 4.74 Å². The van der Waals surface area contributed by atoms with Crippen molar-refractivity contribution in [3.63, 3.8) is 0 Å². The lowest BCUT2D eigenvalue weighted by molar-refractivity contribution is -0.384. The second-order valence-electron chi connectivity index (χ2n) is 6.00. The van der Waals surface area contributed by atoms with E-state index in [1.54, 1.807) is 37.4 Å². The number of nitro benzene ring substituents is 1. The Morgan fingerprint density at radius 1 is 1.26 bits per heavy atom. The van der Waals surface area contributed by atoms with Crippen LogP contribution in [0.4, 0.5) is 17.1 Å². The molecule has 8 nitrogen and oxygen atoms in total. The highest BCUT2D eigenvalue weighted by atomic mass is 79.9. The number of benzene rings is 2. The van der Waals surface area contributed by atoms with Gasteiger partial charge in [-0.15, -0.1) is 0 Å². The number of nitrogens with zero attached hydrogens (tertiary/aromatic N) is 2. The molecule has 0 spiro atoms. The number of methoxy groups -OCH3 is 1. The zero-order valence-electron chi connectivity index (χ0n) is 14.7. The third kappa shape index (κ3) is 4.37. The van der Waals surface area contributed by atoms with Crippen LogP contribution in [0.5, 0.6) is 5.75 Å². The van der Waals surface area contributed by atoms with E-state index >= 15 is 0 Å². The molecule has 1 saturated heterocycles. The first-order valence-corrected chi connectivity index (χ1v) is 9.18. The predicted octanol–water partition coefficient (Wildman–Crippen LogP) is 3.03. The molecular formula is C18H19BrN4O4. The van der Waals surface area contributed by atoms with Gasteiger partial charge in [0.25, 0.3) is 11.6 Å². The molecule has 3 rings (SSSR count). The van der Waals surface area contributed by atoms with Crippen LogP contribution in [0, 0.1) is 10.1 Å². The maximum Gasteiger partial charge on any atom is 0.294 e. The van der Waals surface area contributed by atoms with Gasteiger partial charge in [0.2, 0.25) is 0 Å². The summed E-state index contributed by atoms with van der Waals surface area (Å²) in [5, 5.41) is 17.5. The molecule has 2 aromatic carbocycles. The number of amides is 1. The smallest absolute Gasteiger partial charge is 0.294 e. The average molecular weight is 435 g/mol. The molecule has 0 saturated carbocycles. The topological polar surface area (TPSA) is 96.7 Å². The van der Waals surface area contributed by atoms with E-state index in [1.807, 2.05) is 4.90 Å². The number of hydrogen-bond acceptors (Lipinski definition) is 6. The van der Waals surface area contributed by atoms with Gasteiger partial charge in [-0.05, 0) is 46.3 Å². The number of anilines is 2. The van der Waals surface area contributed by atoms with Crippen LogP contribution in [0.1, 0.15) is 10.4 Å². The number of carbonyl (C=O) groups is 1. The van der Waals surface area contributed by atoms with Crippen molar-refractivity contribution in [1.82, 2.24) is 5.32 Å². The van der Waals surface area contributed by atoms with E-state index in [2.05, 4.69) is 26.6 Å². The zero-order valence-corrected chi connectivity index (χ0v) is 16.3. The van der Waals surface area contributed by atoms with Crippen LogP contribution in [-0.2, 0) is 0 Å².